The molecule has 1 aliphatic rings. The van der Waals surface area contributed by atoms with Crippen LogP contribution in [0.1, 0.15) is 42.6 Å². The highest BCUT2D eigenvalue weighted by atomic mass is 35.5. The predicted molar refractivity (Wildman–Crippen MR) is 85.2 cm³/mol. The zero-order valence-corrected chi connectivity index (χ0v) is 12.9. The highest BCUT2D eigenvalue weighted by molar-refractivity contribution is 6.31. The first-order valence-electron chi connectivity index (χ1n) is 7.40. The Morgan fingerprint density at radius 2 is 1.67 bits per heavy atom. The quantitative estimate of drug-likeness (QED) is 0.858. The lowest BCUT2D eigenvalue weighted by Gasteiger charge is -2.17. The molecular weight excluding hydrogens is 284 g/mol. The van der Waals surface area contributed by atoms with Gasteiger partial charge in [0.1, 0.15) is 11.5 Å². The Hall–Kier alpha value is -1.51. The first-order chi connectivity index (χ1) is 10.1. The van der Waals surface area contributed by atoms with Crippen molar-refractivity contribution in [3.63, 3.8) is 0 Å². The van der Waals surface area contributed by atoms with Crippen molar-refractivity contribution in [2.75, 3.05) is 0 Å². The number of ether oxygens (including phenoxy) is 1. The molecule has 0 spiro atoms. The summed E-state index contributed by atoms with van der Waals surface area (Å²) < 4.78 is 5.89. The maximum atomic E-state index is 9.59. The zero-order valence-electron chi connectivity index (χ0n) is 12.1. The van der Waals surface area contributed by atoms with E-state index < -0.39 is 6.10 Å². The number of hydrogen-bond donors (Lipinski definition) is 1. The van der Waals surface area contributed by atoms with E-state index in [9.17, 15) is 5.11 Å². The van der Waals surface area contributed by atoms with Crippen LogP contribution in [0.5, 0.6) is 11.5 Å². The first kappa shape index (κ1) is 14.4. The van der Waals surface area contributed by atoms with Gasteiger partial charge in [0.2, 0.25) is 0 Å². The van der Waals surface area contributed by atoms with E-state index in [1.165, 1.54) is 30.4 Å². The predicted octanol–water partition coefficient (Wildman–Crippen LogP) is 5.06. The molecule has 0 bridgehead atoms. The first-order valence-corrected chi connectivity index (χ1v) is 7.78. The SMILES string of the molecule is CC(O)c1ccc(Oc2ccc3c(c2)CCCC3)cc1Cl. The normalized spacial score (nSPS) is 15.4. The maximum absolute atomic E-state index is 9.59. The van der Waals surface area contributed by atoms with Crippen LogP contribution in [0.25, 0.3) is 0 Å². The van der Waals surface area contributed by atoms with Gasteiger partial charge in [0.25, 0.3) is 0 Å². The van der Waals surface area contributed by atoms with Gasteiger partial charge in [0, 0.05) is 0 Å². The van der Waals surface area contributed by atoms with Crippen LogP contribution in [-0.4, -0.2) is 5.11 Å². The van der Waals surface area contributed by atoms with E-state index in [4.69, 9.17) is 16.3 Å². The summed E-state index contributed by atoms with van der Waals surface area (Å²) in [6.07, 6.45) is 4.27. The largest absolute Gasteiger partial charge is 0.457 e. The molecule has 0 saturated heterocycles. The van der Waals surface area contributed by atoms with Crippen LogP contribution in [0.4, 0.5) is 0 Å². The fraction of sp³-hybridized carbons (Fsp3) is 0.333. The molecule has 1 atom stereocenters. The molecule has 1 N–H and O–H groups in total. The summed E-state index contributed by atoms with van der Waals surface area (Å²) in [6, 6.07) is 11.7. The van der Waals surface area contributed by atoms with Crippen LogP contribution >= 0.6 is 11.6 Å². The summed E-state index contributed by atoms with van der Waals surface area (Å²) in [4.78, 5) is 0. The number of aliphatic hydroxyl groups excluding tert-OH is 1. The lowest BCUT2D eigenvalue weighted by molar-refractivity contribution is 0.199. The number of aryl methyl sites for hydroxylation is 2. The van der Waals surface area contributed by atoms with E-state index in [2.05, 4.69) is 12.1 Å². The van der Waals surface area contributed by atoms with Gasteiger partial charge in [0.15, 0.2) is 0 Å². The molecule has 0 heterocycles. The third-order valence-corrected chi connectivity index (χ3v) is 4.30. The van der Waals surface area contributed by atoms with Gasteiger partial charge in [-0.2, -0.15) is 0 Å². The summed E-state index contributed by atoms with van der Waals surface area (Å²) in [5, 5.41) is 10.1. The van der Waals surface area contributed by atoms with Crippen molar-refractivity contribution in [3.8, 4) is 11.5 Å². The molecule has 0 saturated carbocycles. The highest BCUT2D eigenvalue weighted by Crippen LogP contribution is 2.32. The Morgan fingerprint density at radius 3 is 2.38 bits per heavy atom. The van der Waals surface area contributed by atoms with Gasteiger partial charge in [-0.15, -0.1) is 0 Å². The molecule has 1 unspecified atom stereocenters. The van der Waals surface area contributed by atoms with Crippen LogP contribution in [0.3, 0.4) is 0 Å². The van der Waals surface area contributed by atoms with E-state index in [0.717, 1.165) is 17.7 Å². The van der Waals surface area contributed by atoms with Gasteiger partial charge >= 0.3 is 0 Å². The fourth-order valence-corrected chi connectivity index (χ4v) is 3.15. The number of hydrogen-bond acceptors (Lipinski definition) is 2. The molecular formula is C18H19ClO2. The molecule has 0 radical (unpaired) electrons. The molecule has 0 aromatic heterocycles. The summed E-state index contributed by atoms with van der Waals surface area (Å²) in [6.45, 7) is 1.70. The Balaban J connectivity index is 1.82. The monoisotopic (exact) mass is 302 g/mol. The standard InChI is InChI=1S/C18H19ClO2/c1-12(20)17-9-8-16(11-18(17)19)21-15-7-6-13-4-2-3-5-14(13)10-15/h6-12,20H,2-5H2,1H3. The molecule has 21 heavy (non-hydrogen) atoms. The van der Waals surface area contributed by atoms with Gasteiger partial charge in [-0.3, -0.25) is 0 Å². The number of halogens is 1. The molecule has 1 aliphatic carbocycles. The number of fused-ring (bicyclic) bond motifs is 1. The van der Waals surface area contributed by atoms with Crippen LogP contribution in [0.15, 0.2) is 36.4 Å². The third-order valence-electron chi connectivity index (χ3n) is 3.98. The van der Waals surface area contributed by atoms with Crippen LogP contribution in [0, 0.1) is 0 Å². The van der Waals surface area contributed by atoms with Crippen molar-refractivity contribution in [1.29, 1.82) is 0 Å². The Morgan fingerprint density at radius 1 is 1.00 bits per heavy atom. The molecule has 0 aliphatic heterocycles. The molecule has 3 heteroatoms. The summed E-state index contributed by atoms with van der Waals surface area (Å²) >= 11 is 6.17. The fourth-order valence-electron chi connectivity index (χ4n) is 2.82. The average Bonchev–Trinajstić information content (AvgIpc) is 2.47. The second kappa shape index (κ2) is 6.08. The minimum atomic E-state index is -0.574. The van der Waals surface area contributed by atoms with Crippen molar-refractivity contribution in [2.24, 2.45) is 0 Å². The minimum Gasteiger partial charge on any atom is -0.457 e. The van der Waals surface area contributed by atoms with E-state index in [0.29, 0.717) is 10.8 Å². The maximum Gasteiger partial charge on any atom is 0.128 e. The molecule has 110 valence electrons. The van der Waals surface area contributed by atoms with Gasteiger partial charge in [-0.1, -0.05) is 23.7 Å². The topological polar surface area (TPSA) is 29.5 Å². The van der Waals surface area contributed by atoms with Crippen LogP contribution in [-0.2, 0) is 12.8 Å². The lowest BCUT2D eigenvalue weighted by atomic mass is 9.92. The van der Waals surface area contributed by atoms with Crippen molar-refractivity contribution >= 4 is 11.6 Å². The van der Waals surface area contributed by atoms with Crippen LogP contribution in [0.2, 0.25) is 5.02 Å². The van der Waals surface area contributed by atoms with Crippen LogP contribution < -0.4 is 4.74 Å². The van der Waals surface area contributed by atoms with Crippen molar-refractivity contribution < 1.29 is 9.84 Å². The Bertz CT molecular complexity index is 650. The summed E-state index contributed by atoms with van der Waals surface area (Å²) in [5.41, 5.74) is 3.55. The Kier molecular flexibility index (Phi) is 4.18. The van der Waals surface area contributed by atoms with Crippen molar-refractivity contribution in [2.45, 2.75) is 38.7 Å². The van der Waals surface area contributed by atoms with E-state index in [1.54, 1.807) is 19.1 Å². The highest BCUT2D eigenvalue weighted by Gasteiger charge is 2.11. The molecule has 0 fully saturated rings. The second-order valence-corrected chi connectivity index (χ2v) is 6.01. The summed E-state index contributed by atoms with van der Waals surface area (Å²) in [7, 11) is 0. The van der Waals surface area contributed by atoms with Gasteiger partial charge in [-0.25, -0.2) is 0 Å². The smallest absolute Gasteiger partial charge is 0.128 e. The molecule has 2 aromatic rings. The Labute approximate surface area is 130 Å². The zero-order chi connectivity index (χ0) is 14.8. The molecule has 2 nitrogen and oxygen atoms in total. The number of aliphatic hydroxyl groups is 1. The molecule has 0 amide bonds. The minimum absolute atomic E-state index is 0.528. The third kappa shape index (κ3) is 3.22. The van der Waals surface area contributed by atoms with E-state index in [-0.39, 0.29) is 0 Å². The van der Waals surface area contributed by atoms with E-state index in [1.807, 2.05) is 12.1 Å². The number of benzene rings is 2. The van der Waals surface area contributed by atoms with Gasteiger partial charge < -0.3 is 9.84 Å². The van der Waals surface area contributed by atoms with Gasteiger partial charge in [-0.05, 0) is 73.6 Å². The second-order valence-electron chi connectivity index (χ2n) is 5.60. The van der Waals surface area contributed by atoms with Crippen molar-refractivity contribution in [3.05, 3.63) is 58.1 Å². The van der Waals surface area contributed by atoms with E-state index >= 15 is 0 Å². The van der Waals surface area contributed by atoms with Gasteiger partial charge in [0.05, 0.1) is 11.1 Å². The summed E-state index contributed by atoms with van der Waals surface area (Å²) in [5.74, 6) is 1.54. The average molecular weight is 303 g/mol. The van der Waals surface area contributed by atoms with Crippen molar-refractivity contribution in [1.82, 2.24) is 0 Å². The lowest BCUT2D eigenvalue weighted by Crippen LogP contribution is -2.02. The molecule has 2 aromatic carbocycles. The number of rotatable bonds is 3. The molecule has 3 rings (SSSR count).